The summed E-state index contributed by atoms with van der Waals surface area (Å²) in [5.41, 5.74) is 1.26. The Hall–Kier alpha value is -1.59. The Morgan fingerprint density at radius 1 is 1.46 bits per heavy atom. The SMILES string of the molecule is N#CC=Cc1ccc(C=O)c(Cl)c1. The molecule has 0 bridgehead atoms. The predicted octanol–water partition coefficient (Wildman–Crippen LogP) is 2.69. The van der Waals surface area contributed by atoms with Crippen molar-refractivity contribution in [2.45, 2.75) is 0 Å². The van der Waals surface area contributed by atoms with E-state index in [0.717, 1.165) is 5.56 Å². The molecule has 0 aliphatic rings. The van der Waals surface area contributed by atoms with Crippen LogP contribution < -0.4 is 0 Å². The summed E-state index contributed by atoms with van der Waals surface area (Å²) in [4.78, 5) is 10.4. The topological polar surface area (TPSA) is 40.9 Å². The summed E-state index contributed by atoms with van der Waals surface area (Å²) in [6, 6.07) is 6.85. The average Bonchev–Trinajstić information content (AvgIpc) is 2.15. The molecule has 0 unspecified atom stereocenters. The fourth-order valence-corrected chi connectivity index (χ4v) is 1.11. The number of nitriles is 1. The maximum Gasteiger partial charge on any atom is 0.151 e. The van der Waals surface area contributed by atoms with E-state index in [9.17, 15) is 4.79 Å². The quantitative estimate of drug-likeness (QED) is 0.533. The number of allylic oxidation sites excluding steroid dienone is 1. The minimum absolute atomic E-state index is 0.398. The smallest absolute Gasteiger partial charge is 0.151 e. The van der Waals surface area contributed by atoms with Crippen LogP contribution in [0.1, 0.15) is 15.9 Å². The molecule has 0 aliphatic carbocycles. The van der Waals surface area contributed by atoms with E-state index in [1.165, 1.54) is 6.08 Å². The van der Waals surface area contributed by atoms with Crippen molar-refractivity contribution in [2.24, 2.45) is 0 Å². The number of carbonyl (C=O) groups excluding carboxylic acids is 1. The molecule has 0 saturated carbocycles. The van der Waals surface area contributed by atoms with Gasteiger partial charge in [0, 0.05) is 11.6 Å². The van der Waals surface area contributed by atoms with Crippen molar-refractivity contribution in [1.82, 2.24) is 0 Å². The van der Waals surface area contributed by atoms with Gasteiger partial charge in [0.1, 0.15) is 0 Å². The standard InChI is InChI=1S/C10H6ClNO/c11-10-6-8(2-1-5-12)3-4-9(10)7-13/h1-4,6-7H. The normalized spacial score (nSPS) is 9.85. The molecule has 64 valence electrons. The summed E-state index contributed by atoms with van der Waals surface area (Å²) in [7, 11) is 0. The second-order valence-electron chi connectivity index (χ2n) is 2.36. The number of hydrogen-bond acceptors (Lipinski definition) is 2. The van der Waals surface area contributed by atoms with Crippen LogP contribution in [0, 0.1) is 11.3 Å². The molecule has 0 spiro atoms. The molecule has 1 aromatic carbocycles. The molecule has 13 heavy (non-hydrogen) atoms. The van der Waals surface area contributed by atoms with E-state index in [2.05, 4.69) is 0 Å². The average molecular weight is 192 g/mol. The highest BCUT2D eigenvalue weighted by Crippen LogP contribution is 2.16. The van der Waals surface area contributed by atoms with Crippen molar-refractivity contribution in [1.29, 1.82) is 5.26 Å². The van der Waals surface area contributed by atoms with Crippen LogP contribution in [0.4, 0.5) is 0 Å². The van der Waals surface area contributed by atoms with Crippen molar-refractivity contribution in [3.63, 3.8) is 0 Å². The molecule has 0 atom stereocenters. The molecule has 0 heterocycles. The molecular weight excluding hydrogens is 186 g/mol. The Balaban J connectivity index is 3.04. The van der Waals surface area contributed by atoms with E-state index in [1.54, 1.807) is 24.3 Å². The van der Waals surface area contributed by atoms with Crippen LogP contribution in [0.25, 0.3) is 6.08 Å². The van der Waals surface area contributed by atoms with Gasteiger partial charge in [-0.1, -0.05) is 17.7 Å². The maximum absolute atomic E-state index is 10.4. The van der Waals surface area contributed by atoms with E-state index >= 15 is 0 Å². The number of carbonyl (C=O) groups is 1. The van der Waals surface area contributed by atoms with Gasteiger partial charge in [0.15, 0.2) is 6.29 Å². The van der Waals surface area contributed by atoms with Gasteiger partial charge in [0.05, 0.1) is 11.1 Å². The molecule has 1 aromatic rings. The fraction of sp³-hybridized carbons (Fsp3) is 0. The zero-order valence-corrected chi connectivity index (χ0v) is 7.45. The first-order valence-corrected chi connectivity index (χ1v) is 3.96. The van der Waals surface area contributed by atoms with Crippen LogP contribution in [0.15, 0.2) is 24.3 Å². The largest absolute Gasteiger partial charge is 0.298 e. The van der Waals surface area contributed by atoms with Crippen LogP contribution in [-0.4, -0.2) is 6.29 Å². The Labute approximate surface area is 81.1 Å². The van der Waals surface area contributed by atoms with E-state index in [1.807, 2.05) is 6.07 Å². The van der Waals surface area contributed by atoms with E-state index in [-0.39, 0.29) is 0 Å². The molecule has 1 rings (SSSR count). The Bertz CT molecular complexity index is 390. The lowest BCUT2D eigenvalue weighted by molar-refractivity contribution is 0.112. The Morgan fingerprint density at radius 3 is 2.77 bits per heavy atom. The zero-order chi connectivity index (χ0) is 9.68. The van der Waals surface area contributed by atoms with Crippen LogP contribution in [-0.2, 0) is 0 Å². The van der Waals surface area contributed by atoms with Gasteiger partial charge in [-0.15, -0.1) is 0 Å². The lowest BCUT2D eigenvalue weighted by Gasteiger charge is -1.96. The van der Waals surface area contributed by atoms with Gasteiger partial charge < -0.3 is 0 Å². The first-order valence-electron chi connectivity index (χ1n) is 3.59. The molecule has 0 aliphatic heterocycles. The minimum atomic E-state index is 0.398. The highest BCUT2D eigenvalue weighted by Gasteiger charge is 1.97. The Kier molecular flexibility index (Phi) is 3.24. The zero-order valence-electron chi connectivity index (χ0n) is 6.70. The molecular formula is C10H6ClNO. The molecule has 0 radical (unpaired) electrons. The van der Waals surface area contributed by atoms with Gasteiger partial charge in [-0.3, -0.25) is 4.79 Å². The van der Waals surface area contributed by atoms with Crippen molar-refractivity contribution in [2.75, 3.05) is 0 Å². The van der Waals surface area contributed by atoms with Crippen molar-refractivity contribution in [3.05, 3.63) is 40.4 Å². The summed E-state index contributed by atoms with van der Waals surface area (Å²) in [6.45, 7) is 0. The summed E-state index contributed by atoms with van der Waals surface area (Å²) in [5.74, 6) is 0. The van der Waals surface area contributed by atoms with Gasteiger partial charge in [-0.05, 0) is 23.8 Å². The molecule has 0 aromatic heterocycles. The molecule has 2 nitrogen and oxygen atoms in total. The highest BCUT2D eigenvalue weighted by molar-refractivity contribution is 6.33. The van der Waals surface area contributed by atoms with E-state index < -0.39 is 0 Å². The van der Waals surface area contributed by atoms with Crippen molar-refractivity contribution in [3.8, 4) is 6.07 Å². The lowest BCUT2D eigenvalue weighted by Crippen LogP contribution is -1.82. The summed E-state index contributed by atoms with van der Waals surface area (Å²) in [5, 5.41) is 8.67. The summed E-state index contributed by atoms with van der Waals surface area (Å²) in [6.07, 6.45) is 3.67. The number of nitrogens with zero attached hydrogens (tertiary/aromatic N) is 1. The van der Waals surface area contributed by atoms with Crippen molar-refractivity contribution < 1.29 is 4.79 Å². The monoisotopic (exact) mass is 191 g/mol. The van der Waals surface area contributed by atoms with Crippen molar-refractivity contribution >= 4 is 24.0 Å². The molecule has 0 fully saturated rings. The molecule has 0 N–H and O–H groups in total. The Morgan fingerprint density at radius 2 is 2.23 bits per heavy atom. The third kappa shape index (κ3) is 2.43. The predicted molar refractivity (Wildman–Crippen MR) is 51.5 cm³/mol. The second kappa shape index (κ2) is 4.44. The first kappa shape index (κ1) is 9.50. The number of hydrogen-bond donors (Lipinski definition) is 0. The van der Waals surface area contributed by atoms with Gasteiger partial charge in [-0.25, -0.2) is 0 Å². The molecule has 3 heteroatoms. The van der Waals surface area contributed by atoms with Crippen LogP contribution in [0.5, 0.6) is 0 Å². The maximum atomic E-state index is 10.4. The van der Waals surface area contributed by atoms with Gasteiger partial charge in [-0.2, -0.15) is 5.26 Å². The number of aldehydes is 1. The number of halogens is 1. The molecule has 0 saturated heterocycles. The van der Waals surface area contributed by atoms with Gasteiger partial charge >= 0.3 is 0 Å². The number of rotatable bonds is 2. The van der Waals surface area contributed by atoms with Crippen LogP contribution in [0.2, 0.25) is 5.02 Å². The minimum Gasteiger partial charge on any atom is -0.298 e. The highest BCUT2D eigenvalue weighted by atomic mass is 35.5. The second-order valence-corrected chi connectivity index (χ2v) is 2.77. The lowest BCUT2D eigenvalue weighted by atomic mass is 10.1. The third-order valence-electron chi connectivity index (χ3n) is 1.50. The summed E-state index contributed by atoms with van der Waals surface area (Å²) >= 11 is 5.76. The first-order chi connectivity index (χ1) is 6.27. The van der Waals surface area contributed by atoms with Gasteiger partial charge in [0.25, 0.3) is 0 Å². The van der Waals surface area contributed by atoms with E-state index in [0.29, 0.717) is 16.9 Å². The third-order valence-corrected chi connectivity index (χ3v) is 1.83. The van der Waals surface area contributed by atoms with Gasteiger partial charge in [0.2, 0.25) is 0 Å². The fourth-order valence-electron chi connectivity index (χ4n) is 0.876. The van der Waals surface area contributed by atoms with Crippen LogP contribution >= 0.6 is 11.6 Å². The van der Waals surface area contributed by atoms with Crippen LogP contribution in [0.3, 0.4) is 0 Å². The number of benzene rings is 1. The molecule has 0 amide bonds. The summed E-state index contributed by atoms with van der Waals surface area (Å²) < 4.78 is 0. The van der Waals surface area contributed by atoms with E-state index in [4.69, 9.17) is 16.9 Å².